The Hall–Kier alpha value is -2.61. The van der Waals surface area contributed by atoms with Crippen molar-refractivity contribution in [2.24, 2.45) is 11.8 Å². The molecule has 1 aromatic carbocycles. The molecule has 2 aromatic rings. The van der Waals surface area contributed by atoms with Crippen LogP contribution < -0.4 is 9.64 Å². The van der Waals surface area contributed by atoms with E-state index in [1.165, 1.54) is 0 Å². The van der Waals surface area contributed by atoms with Crippen LogP contribution in [0.3, 0.4) is 0 Å². The van der Waals surface area contributed by atoms with Crippen LogP contribution in [-0.4, -0.2) is 83.1 Å². The highest BCUT2D eigenvalue weighted by Crippen LogP contribution is 2.38. The van der Waals surface area contributed by atoms with Gasteiger partial charge in [-0.15, -0.1) is 5.10 Å². The van der Waals surface area contributed by atoms with E-state index in [-0.39, 0.29) is 11.3 Å². The summed E-state index contributed by atoms with van der Waals surface area (Å²) in [7, 11) is 1.71. The molecule has 0 N–H and O–H groups in total. The largest absolute Gasteiger partial charge is 0.495 e. The Labute approximate surface area is 202 Å². The third-order valence-electron chi connectivity index (χ3n) is 7.92. The normalized spacial score (nSPS) is 27.2. The molecular formula is C26H38N6O2. The molecule has 0 spiro atoms. The van der Waals surface area contributed by atoms with Gasteiger partial charge in [0.25, 0.3) is 0 Å². The van der Waals surface area contributed by atoms with Gasteiger partial charge in [0.05, 0.1) is 31.0 Å². The smallest absolute Gasteiger partial charge is 0.227 e. The molecule has 0 aliphatic carbocycles. The molecular weight excluding hydrogens is 428 g/mol. The van der Waals surface area contributed by atoms with E-state index in [9.17, 15) is 4.79 Å². The zero-order valence-electron chi connectivity index (χ0n) is 21.0. The predicted molar refractivity (Wildman–Crippen MR) is 132 cm³/mol. The monoisotopic (exact) mass is 466 g/mol. The molecule has 8 nitrogen and oxygen atoms in total. The Morgan fingerprint density at radius 1 is 1.12 bits per heavy atom. The molecule has 0 saturated carbocycles. The average molecular weight is 467 g/mol. The second-order valence-corrected chi connectivity index (χ2v) is 11.1. The molecule has 4 saturated heterocycles. The Balaban J connectivity index is 1.17. The van der Waals surface area contributed by atoms with Crippen molar-refractivity contribution in [1.29, 1.82) is 0 Å². The number of ether oxygens (including phenoxy) is 1. The lowest BCUT2D eigenvalue weighted by Gasteiger charge is -2.50. The van der Waals surface area contributed by atoms with Gasteiger partial charge in [0.1, 0.15) is 5.75 Å². The van der Waals surface area contributed by atoms with Gasteiger partial charge in [-0.25, -0.2) is 0 Å². The first-order chi connectivity index (χ1) is 16.3. The molecule has 4 fully saturated rings. The third-order valence-corrected chi connectivity index (χ3v) is 7.92. The maximum atomic E-state index is 13.5. The lowest BCUT2D eigenvalue weighted by molar-refractivity contribution is -0.144. The van der Waals surface area contributed by atoms with Crippen LogP contribution in [0.25, 0.3) is 0 Å². The van der Waals surface area contributed by atoms with Crippen molar-refractivity contribution < 1.29 is 9.53 Å². The zero-order valence-corrected chi connectivity index (χ0v) is 21.0. The van der Waals surface area contributed by atoms with Gasteiger partial charge >= 0.3 is 0 Å². The van der Waals surface area contributed by atoms with E-state index in [4.69, 9.17) is 4.74 Å². The molecule has 34 heavy (non-hydrogen) atoms. The Kier molecular flexibility index (Phi) is 6.27. The summed E-state index contributed by atoms with van der Waals surface area (Å²) in [5.74, 6) is 1.85. The number of hydrogen-bond acceptors (Lipinski definition) is 6. The molecule has 2 bridgehead atoms. The molecule has 4 aliphatic heterocycles. The topological polar surface area (TPSA) is 66.7 Å². The van der Waals surface area contributed by atoms with Crippen molar-refractivity contribution in [1.82, 2.24) is 24.8 Å². The van der Waals surface area contributed by atoms with E-state index in [1.54, 1.807) is 7.11 Å². The van der Waals surface area contributed by atoms with E-state index >= 15 is 0 Å². The number of methoxy groups -OCH3 is 1. The number of piperidine rings is 3. The number of amides is 1. The summed E-state index contributed by atoms with van der Waals surface area (Å²) in [5, 5.41) is 8.76. The number of fused-ring (bicyclic) bond motifs is 3. The zero-order chi connectivity index (χ0) is 23.9. The van der Waals surface area contributed by atoms with Crippen molar-refractivity contribution >= 4 is 11.6 Å². The number of carbonyl (C=O) groups is 1. The van der Waals surface area contributed by atoms with Crippen LogP contribution in [0.4, 0.5) is 5.69 Å². The first-order valence-electron chi connectivity index (χ1n) is 12.6. The minimum Gasteiger partial charge on any atom is -0.495 e. The third kappa shape index (κ3) is 4.52. The number of aromatic nitrogens is 3. The summed E-state index contributed by atoms with van der Waals surface area (Å²) in [6, 6.07) is 8.58. The number of nitrogens with zero attached hydrogens (tertiary/aromatic N) is 6. The fourth-order valence-corrected chi connectivity index (χ4v) is 5.85. The number of carbonyl (C=O) groups excluding carboxylic acids is 1. The quantitative estimate of drug-likeness (QED) is 0.675. The summed E-state index contributed by atoms with van der Waals surface area (Å²) < 4.78 is 7.53. The van der Waals surface area contributed by atoms with Gasteiger partial charge in [0, 0.05) is 50.4 Å². The standard InChI is InChI=1S/C26H38N6O2/c1-26(2,3)24-18-32(28-27-24)16-20-15-19-9-10-31(20)17-21(19)25(33)30-13-11-29(12-14-30)22-7-5-6-8-23(22)34-4/h5-8,18-21H,9-17H2,1-4H3. The van der Waals surface area contributed by atoms with E-state index < -0.39 is 0 Å². The molecule has 0 radical (unpaired) electrons. The second kappa shape index (κ2) is 9.21. The van der Waals surface area contributed by atoms with Gasteiger partial charge in [0.15, 0.2) is 0 Å². The Bertz CT molecular complexity index is 1010. The first kappa shape index (κ1) is 23.1. The van der Waals surface area contributed by atoms with Crippen LogP contribution >= 0.6 is 0 Å². The van der Waals surface area contributed by atoms with Crippen molar-refractivity contribution in [2.75, 3.05) is 51.3 Å². The van der Waals surface area contributed by atoms with Gasteiger partial charge in [-0.1, -0.05) is 38.1 Å². The summed E-state index contributed by atoms with van der Waals surface area (Å²) in [6.45, 7) is 12.6. The van der Waals surface area contributed by atoms with Crippen LogP contribution in [0, 0.1) is 11.8 Å². The second-order valence-electron chi connectivity index (χ2n) is 11.1. The van der Waals surface area contributed by atoms with Gasteiger partial charge in [-0.05, 0) is 37.4 Å². The number of para-hydroxylation sites is 2. The minimum absolute atomic E-state index is 0.0112. The maximum Gasteiger partial charge on any atom is 0.227 e. The molecule has 4 aliphatic rings. The highest BCUT2D eigenvalue weighted by molar-refractivity contribution is 5.80. The van der Waals surface area contributed by atoms with Gasteiger partial charge < -0.3 is 14.5 Å². The number of piperazine rings is 1. The van der Waals surface area contributed by atoms with Gasteiger partial charge in [0.2, 0.25) is 5.91 Å². The average Bonchev–Trinajstić information content (AvgIpc) is 3.33. The van der Waals surface area contributed by atoms with Crippen molar-refractivity contribution in [2.45, 2.75) is 51.6 Å². The fourth-order valence-electron chi connectivity index (χ4n) is 5.85. The lowest BCUT2D eigenvalue weighted by atomic mass is 9.75. The molecule has 8 heteroatoms. The fraction of sp³-hybridized carbons (Fsp3) is 0.654. The summed E-state index contributed by atoms with van der Waals surface area (Å²) in [5.41, 5.74) is 2.16. The highest BCUT2D eigenvalue weighted by Gasteiger charge is 2.45. The maximum absolute atomic E-state index is 13.5. The van der Waals surface area contributed by atoms with Crippen molar-refractivity contribution in [3.8, 4) is 5.75 Å². The molecule has 4 unspecified atom stereocenters. The van der Waals surface area contributed by atoms with E-state index in [1.807, 2.05) is 22.9 Å². The molecule has 6 rings (SSSR count). The molecule has 1 amide bonds. The van der Waals surface area contributed by atoms with E-state index in [0.29, 0.717) is 17.9 Å². The van der Waals surface area contributed by atoms with E-state index in [2.05, 4.69) is 58.0 Å². The Morgan fingerprint density at radius 2 is 1.88 bits per heavy atom. The van der Waals surface area contributed by atoms with Crippen molar-refractivity contribution in [3.05, 3.63) is 36.2 Å². The van der Waals surface area contributed by atoms with Crippen LogP contribution in [-0.2, 0) is 16.8 Å². The number of benzene rings is 1. The Morgan fingerprint density at radius 3 is 2.53 bits per heavy atom. The van der Waals surface area contributed by atoms with Crippen LogP contribution in [0.1, 0.15) is 39.3 Å². The summed E-state index contributed by atoms with van der Waals surface area (Å²) >= 11 is 0. The highest BCUT2D eigenvalue weighted by atomic mass is 16.5. The lowest BCUT2D eigenvalue weighted by Crippen LogP contribution is -2.60. The SMILES string of the molecule is COc1ccccc1N1CCN(C(=O)C2CN3CCC2CC3Cn2cc(C(C)(C)C)nn2)CC1. The molecule has 4 atom stereocenters. The number of hydrogen-bond donors (Lipinski definition) is 0. The van der Waals surface area contributed by atoms with Crippen LogP contribution in [0.15, 0.2) is 30.5 Å². The van der Waals surface area contributed by atoms with Gasteiger partial charge in [-0.2, -0.15) is 0 Å². The summed E-state index contributed by atoms with van der Waals surface area (Å²) in [4.78, 5) is 20.5. The predicted octanol–water partition coefficient (Wildman–Crippen LogP) is 2.64. The molecule has 1 aromatic heterocycles. The van der Waals surface area contributed by atoms with Gasteiger partial charge in [-0.3, -0.25) is 14.4 Å². The molecule has 5 heterocycles. The van der Waals surface area contributed by atoms with Crippen LogP contribution in [0.2, 0.25) is 0 Å². The van der Waals surface area contributed by atoms with Crippen LogP contribution in [0.5, 0.6) is 5.75 Å². The molecule has 184 valence electrons. The van der Waals surface area contributed by atoms with E-state index in [0.717, 1.165) is 75.8 Å². The minimum atomic E-state index is 0.0112. The van der Waals surface area contributed by atoms with Crippen molar-refractivity contribution in [3.63, 3.8) is 0 Å². The summed E-state index contributed by atoms with van der Waals surface area (Å²) in [6.07, 6.45) is 4.29. The first-order valence-corrected chi connectivity index (χ1v) is 12.6. The number of rotatable bonds is 5. The number of anilines is 1.